The van der Waals surface area contributed by atoms with Gasteiger partial charge in [0.1, 0.15) is 10.9 Å². The highest BCUT2D eigenvalue weighted by molar-refractivity contribution is 7.97. The molecule has 4 rings (SSSR count). The zero-order chi connectivity index (χ0) is 16.9. The molecule has 0 aliphatic heterocycles. The minimum absolute atomic E-state index is 0.115. The van der Waals surface area contributed by atoms with Crippen molar-refractivity contribution in [3.05, 3.63) is 90.5 Å². The van der Waals surface area contributed by atoms with Crippen LogP contribution < -0.4 is 0 Å². The van der Waals surface area contributed by atoms with Crippen LogP contribution in [0.3, 0.4) is 0 Å². The molecule has 3 aromatic carbocycles. The Hall–Kier alpha value is -2.17. The number of hydrogen-bond donors (Lipinski definition) is 0. The summed E-state index contributed by atoms with van der Waals surface area (Å²) in [5, 5.41) is 0. The summed E-state index contributed by atoms with van der Waals surface area (Å²) in [4.78, 5) is 3.91. The second-order valence-electron chi connectivity index (χ2n) is 6.67. The van der Waals surface area contributed by atoms with E-state index in [0.717, 1.165) is 0 Å². The molecule has 0 saturated heterocycles. The van der Waals surface area contributed by atoms with Gasteiger partial charge < -0.3 is 0 Å². The first kappa shape index (κ1) is 16.3. The molecule has 1 aliphatic carbocycles. The molecular formula is C24H23S+. The first-order valence-corrected chi connectivity index (χ1v) is 10.4. The molecule has 1 aliphatic rings. The Labute approximate surface area is 154 Å². The first-order valence-electron chi connectivity index (χ1n) is 9.20. The quantitative estimate of drug-likeness (QED) is 0.479. The summed E-state index contributed by atoms with van der Waals surface area (Å²) in [6.45, 7) is 0. The van der Waals surface area contributed by atoms with E-state index in [9.17, 15) is 0 Å². The summed E-state index contributed by atoms with van der Waals surface area (Å²) in [5.41, 5.74) is 1.35. The minimum atomic E-state index is -0.115. The molecule has 1 fully saturated rings. The Kier molecular flexibility index (Phi) is 5.09. The molecule has 3 aromatic rings. The molecule has 0 amide bonds. The van der Waals surface area contributed by atoms with Gasteiger partial charge in [-0.15, -0.1) is 0 Å². The standard InChI is InChI=1S/C24H23S/c1-4-10-20(11-5-1)21-16-18-24(19-17-21)25(22-12-6-2-7-13-22)23-14-8-3-9-15-23/h2-3,6-9,12-16,18,20H,1,4-5,10-11H2/q+1. The molecule has 0 nitrogen and oxygen atoms in total. The van der Waals surface area contributed by atoms with Gasteiger partial charge in [0.05, 0.1) is 0 Å². The molecule has 1 saturated carbocycles. The zero-order valence-electron chi connectivity index (χ0n) is 14.4. The van der Waals surface area contributed by atoms with Crippen LogP contribution in [-0.4, -0.2) is 0 Å². The SMILES string of the molecule is c1c(C2CCCCC2)ccc([S+](c2ccccc2)c2ccccc2)c#1. The van der Waals surface area contributed by atoms with Crippen LogP contribution in [0.5, 0.6) is 0 Å². The van der Waals surface area contributed by atoms with Crippen molar-refractivity contribution in [2.75, 3.05) is 0 Å². The third-order valence-electron chi connectivity index (χ3n) is 4.97. The van der Waals surface area contributed by atoms with Crippen LogP contribution in [0.1, 0.15) is 43.6 Å². The van der Waals surface area contributed by atoms with Gasteiger partial charge in [-0.05, 0) is 55.2 Å². The van der Waals surface area contributed by atoms with Crippen LogP contribution in [0, 0.1) is 12.1 Å². The van der Waals surface area contributed by atoms with Gasteiger partial charge in [-0.1, -0.05) is 61.7 Å². The average molecular weight is 344 g/mol. The van der Waals surface area contributed by atoms with E-state index in [0.29, 0.717) is 5.92 Å². The normalized spacial score (nSPS) is 15.1. The topological polar surface area (TPSA) is 0 Å². The van der Waals surface area contributed by atoms with Crippen molar-refractivity contribution < 1.29 is 0 Å². The van der Waals surface area contributed by atoms with E-state index in [1.807, 2.05) is 0 Å². The Morgan fingerprint density at radius 2 is 1.24 bits per heavy atom. The Bertz CT molecular complexity index is 732. The van der Waals surface area contributed by atoms with E-state index >= 15 is 0 Å². The van der Waals surface area contributed by atoms with Gasteiger partial charge in [-0.3, -0.25) is 0 Å². The lowest BCUT2D eigenvalue weighted by molar-refractivity contribution is 0.443. The largest absolute Gasteiger partial charge is 0.216 e. The maximum Gasteiger partial charge on any atom is 0.216 e. The van der Waals surface area contributed by atoms with Crippen molar-refractivity contribution in [3.8, 4) is 0 Å². The van der Waals surface area contributed by atoms with Crippen LogP contribution in [-0.2, 0) is 10.9 Å². The van der Waals surface area contributed by atoms with Crippen molar-refractivity contribution >= 4 is 10.9 Å². The summed E-state index contributed by atoms with van der Waals surface area (Å²) >= 11 is 0. The molecule has 0 radical (unpaired) electrons. The molecule has 25 heavy (non-hydrogen) atoms. The van der Waals surface area contributed by atoms with Crippen LogP contribution in [0.4, 0.5) is 0 Å². The van der Waals surface area contributed by atoms with E-state index in [1.54, 1.807) is 0 Å². The molecule has 1 heteroatoms. The average Bonchev–Trinajstić information content (AvgIpc) is 2.71. The Morgan fingerprint density at radius 3 is 1.76 bits per heavy atom. The summed E-state index contributed by atoms with van der Waals surface area (Å²) < 4.78 is 0. The molecule has 124 valence electrons. The van der Waals surface area contributed by atoms with Crippen molar-refractivity contribution in [2.45, 2.75) is 52.7 Å². The second kappa shape index (κ2) is 7.81. The fourth-order valence-corrected chi connectivity index (χ4v) is 5.65. The van der Waals surface area contributed by atoms with E-state index in [2.05, 4.69) is 84.9 Å². The van der Waals surface area contributed by atoms with Gasteiger partial charge in [0.25, 0.3) is 0 Å². The summed E-state index contributed by atoms with van der Waals surface area (Å²) in [5.74, 6) is 0.689. The maximum atomic E-state index is 3.52. The lowest BCUT2D eigenvalue weighted by atomic mass is 9.85. The molecule has 0 heterocycles. The highest BCUT2D eigenvalue weighted by Crippen LogP contribution is 2.34. The van der Waals surface area contributed by atoms with E-state index in [4.69, 9.17) is 0 Å². The molecule has 0 N–H and O–H groups in total. The molecular weight excluding hydrogens is 320 g/mol. The first-order chi connectivity index (χ1) is 12.4. The minimum Gasteiger partial charge on any atom is -0.0619 e. The van der Waals surface area contributed by atoms with Crippen LogP contribution in [0.25, 0.3) is 0 Å². The van der Waals surface area contributed by atoms with E-state index in [-0.39, 0.29) is 10.9 Å². The van der Waals surface area contributed by atoms with Crippen molar-refractivity contribution in [1.29, 1.82) is 0 Å². The molecule has 0 bridgehead atoms. The second-order valence-corrected chi connectivity index (χ2v) is 8.67. The lowest BCUT2D eigenvalue weighted by Gasteiger charge is -2.20. The maximum absolute atomic E-state index is 3.52. The fourth-order valence-electron chi connectivity index (χ4n) is 3.66. The van der Waals surface area contributed by atoms with Gasteiger partial charge in [0, 0.05) is 11.6 Å². The van der Waals surface area contributed by atoms with E-state index < -0.39 is 0 Å². The van der Waals surface area contributed by atoms with Crippen molar-refractivity contribution in [2.24, 2.45) is 0 Å². The van der Waals surface area contributed by atoms with Gasteiger partial charge in [-0.2, -0.15) is 0 Å². The van der Waals surface area contributed by atoms with Gasteiger partial charge in [0.2, 0.25) is 4.90 Å². The predicted octanol–water partition coefficient (Wildman–Crippen LogP) is 6.43. The van der Waals surface area contributed by atoms with Crippen LogP contribution in [0.2, 0.25) is 0 Å². The van der Waals surface area contributed by atoms with Crippen molar-refractivity contribution in [3.63, 3.8) is 0 Å². The highest BCUT2D eigenvalue weighted by Gasteiger charge is 2.28. The molecule has 0 atom stereocenters. The zero-order valence-corrected chi connectivity index (χ0v) is 15.3. The van der Waals surface area contributed by atoms with Crippen LogP contribution in [0.15, 0.2) is 87.5 Å². The summed E-state index contributed by atoms with van der Waals surface area (Å²) in [6, 6.07) is 33.1. The third-order valence-corrected chi connectivity index (χ3v) is 7.13. The highest BCUT2D eigenvalue weighted by atomic mass is 32.2. The van der Waals surface area contributed by atoms with Crippen LogP contribution >= 0.6 is 0 Å². The van der Waals surface area contributed by atoms with Gasteiger partial charge in [-0.25, -0.2) is 0 Å². The fraction of sp³-hybridized carbons (Fsp3) is 0.250. The van der Waals surface area contributed by atoms with E-state index in [1.165, 1.54) is 52.4 Å². The monoisotopic (exact) mass is 343 g/mol. The van der Waals surface area contributed by atoms with Crippen molar-refractivity contribution in [1.82, 2.24) is 0 Å². The number of hydrogen-bond acceptors (Lipinski definition) is 0. The molecule has 0 spiro atoms. The lowest BCUT2D eigenvalue weighted by Crippen LogP contribution is -2.06. The third kappa shape index (κ3) is 3.75. The van der Waals surface area contributed by atoms with Gasteiger partial charge in [0.15, 0.2) is 9.79 Å². The smallest absolute Gasteiger partial charge is 0.0619 e. The molecule has 0 unspecified atom stereocenters. The number of benzene rings is 2. The summed E-state index contributed by atoms with van der Waals surface area (Å²) in [7, 11) is -0.115. The Balaban J connectivity index is 1.68. The Morgan fingerprint density at radius 1 is 0.640 bits per heavy atom. The number of rotatable bonds is 4. The predicted molar refractivity (Wildman–Crippen MR) is 105 cm³/mol. The molecule has 0 aromatic heterocycles. The van der Waals surface area contributed by atoms with Gasteiger partial charge >= 0.3 is 0 Å². The summed E-state index contributed by atoms with van der Waals surface area (Å²) in [6.07, 6.45) is 6.74.